The van der Waals surface area contributed by atoms with Gasteiger partial charge in [0.2, 0.25) is 11.5 Å². The molecule has 1 saturated heterocycles. The normalized spacial score (nSPS) is 22.8. The van der Waals surface area contributed by atoms with Gasteiger partial charge in [-0.3, -0.25) is 4.79 Å². The van der Waals surface area contributed by atoms with Crippen LogP contribution in [0.4, 0.5) is 0 Å². The Morgan fingerprint density at radius 3 is 2.42 bits per heavy atom. The Morgan fingerprint density at radius 1 is 1.12 bits per heavy atom. The van der Waals surface area contributed by atoms with Crippen molar-refractivity contribution in [1.29, 1.82) is 0 Å². The van der Waals surface area contributed by atoms with E-state index in [9.17, 15) is 14.7 Å². The van der Waals surface area contributed by atoms with E-state index in [0.29, 0.717) is 31.7 Å². The summed E-state index contributed by atoms with van der Waals surface area (Å²) < 4.78 is 5.83. The van der Waals surface area contributed by atoms with Gasteiger partial charge in [-0.1, -0.05) is 30.4 Å². The van der Waals surface area contributed by atoms with Gasteiger partial charge in [0.05, 0.1) is 0 Å². The third kappa shape index (κ3) is 3.45. The maximum absolute atomic E-state index is 12.6. The Kier molecular flexibility index (Phi) is 4.88. The number of amides is 1. The van der Waals surface area contributed by atoms with Crippen molar-refractivity contribution in [2.75, 3.05) is 13.1 Å². The minimum atomic E-state index is -1.25. The van der Waals surface area contributed by atoms with Crippen molar-refractivity contribution in [1.82, 2.24) is 4.90 Å². The molecule has 0 bridgehead atoms. The van der Waals surface area contributed by atoms with Crippen LogP contribution in [0, 0.1) is 5.92 Å². The van der Waals surface area contributed by atoms with Crippen LogP contribution in [0.2, 0.25) is 0 Å². The molecule has 3 rings (SSSR count). The van der Waals surface area contributed by atoms with Gasteiger partial charge >= 0.3 is 5.97 Å². The molecule has 0 saturated carbocycles. The maximum atomic E-state index is 12.6. The van der Waals surface area contributed by atoms with Crippen molar-refractivity contribution >= 4 is 11.9 Å². The molecule has 1 aliphatic heterocycles. The molecule has 1 aliphatic carbocycles. The predicted octanol–water partition coefficient (Wildman–Crippen LogP) is 2.87. The highest BCUT2D eigenvalue weighted by Crippen LogP contribution is 2.31. The molecule has 5 nitrogen and oxygen atoms in total. The number of allylic oxidation sites excluding steroid dienone is 2. The molecule has 1 aromatic carbocycles. The molecule has 0 aromatic heterocycles. The standard InChI is InChI=1S/C19H23NO4/c21-17(15-7-3-1-4-8-15)20-13-11-19(12-14-20,18(22)23)24-16-9-5-2-6-10-16/h1-3,5-6,9-10,15H,4,7-8,11-14H2,(H,22,23). The van der Waals surface area contributed by atoms with Crippen LogP contribution in [0.25, 0.3) is 0 Å². The fourth-order valence-corrected chi connectivity index (χ4v) is 3.44. The van der Waals surface area contributed by atoms with E-state index in [0.717, 1.165) is 19.3 Å². The Morgan fingerprint density at radius 2 is 1.83 bits per heavy atom. The average Bonchev–Trinajstić information content (AvgIpc) is 2.63. The molecule has 1 atom stereocenters. The number of piperidine rings is 1. The van der Waals surface area contributed by atoms with E-state index in [1.165, 1.54) is 0 Å². The SMILES string of the molecule is O=C(C1CC=CCC1)N1CCC(Oc2ccccc2)(C(=O)O)CC1. The molecule has 1 heterocycles. The number of ether oxygens (including phenoxy) is 1. The molecule has 1 N–H and O–H groups in total. The second-order valence-corrected chi connectivity index (χ2v) is 6.52. The van der Waals surface area contributed by atoms with Crippen LogP contribution in [0.15, 0.2) is 42.5 Å². The van der Waals surface area contributed by atoms with Gasteiger partial charge < -0.3 is 14.7 Å². The number of rotatable bonds is 4. The number of carboxylic acids is 1. The van der Waals surface area contributed by atoms with Crippen molar-refractivity contribution in [3.63, 3.8) is 0 Å². The lowest BCUT2D eigenvalue weighted by Crippen LogP contribution is -2.55. The first-order valence-electron chi connectivity index (χ1n) is 8.52. The van der Waals surface area contributed by atoms with Crippen LogP contribution >= 0.6 is 0 Å². The summed E-state index contributed by atoms with van der Waals surface area (Å²) in [6, 6.07) is 9.02. The number of carboxylic acid groups (broad SMARTS) is 1. The fraction of sp³-hybridized carbons (Fsp3) is 0.474. The third-order valence-corrected chi connectivity index (χ3v) is 4.95. The summed E-state index contributed by atoms with van der Waals surface area (Å²) in [5, 5.41) is 9.69. The first kappa shape index (κ1) is 16.6. The van der Waals surface area contributed by atoms with E-state index in [1.807, 2.05) is 18.2 Å². The zero-order chi connectivity index (χ0) is 17.0. The molecule has 0 spiro atoms. The summed E-state index contributed by atoms with van der Waals surface area (Å²) in [6.45, 7) is 0.858. The topological polar surface area (TPSA) is 66.8 Å². The Bertz CT molecular complexity index is 618. The summed E-state index contributed by atoms with van der Waals surface area (Å²) in [7, 11) is 0. The molecule has 1 aromatic rings. The van der Waals surface area contributed by atoms with Crippen LogP contribution in [0.5, 0.6) is 5.75 Å². The van der Waals surface area contributed by atoms with E-state index in [1.54, 1.807) is 17.0 Å². The zero-order valence-corrected chi connectivity index (χ0v) is 13.7. The van der Waals surface area contributed by atoms with Crippen LogP contribution in [0.3, 0.4) is 0 Å². The lowest BCUT2D eigenvalue weighted by atomic mass is 9.88. The van der Waals surface area contributed by atoms with Gasteiger partial charge in [0.15, 0.2) is 0 Å². The van der Waals surface area contributed by atoms with Gasteiger partial charge in [-0.25, -0.2) is 4.79 Å². The highest BCUT2D eigenvalue weighted by atomic mass is 16.5. The smallest absolute Gasteiger partial charge is 0.348 e. The first-order chi connectivity index (χ1) is 11.6. The number of para-hydroxylation sites is 1. The monoisotopic (exact) mass is 329 g/mol. The van der Waals surface area contributed by atoms with Crippen molar-refractivity contribution in [2.45, 2.75) is 37.7 Å². The van der Waals surface area contributed by atoms with Gasteiger partial charge in [-0.2, -0.15) is 0 Å². The van der Waals surface area contributed by atoms with Gasteiger partial charge in [-0.05, 0) is 31.4 Å². The number of carbonyl (C=O) groups is 2. The van der Waals surface area contributed by atoms with Gasteiger partial charge in [0.25, 0.3) is 0 Å². The Balaban J connectivity index is 1.65. The molecular formula is C19H23NO4. The molecule has 24 heavy (non-hydrogen) atoms. The summed E-state index contributed by atoms with van der Waals surface area (Å²) in [5.74, 6) is -0.212. The molecule has 1 fully saturated rings. The Labute approximate surface area is 141 Å². The molecular weight excluding hydrogens is 306 g/mol. The maximum Gasteiger partial charge on any atom is 0.348 e. The summed E-state index contributed by atoms with van der Waals surface area (Å²) >= 11 is 0. The van der Waals surface area contributed by atoms with Crippen molar-refractivity contribution < 1.29 is 19.4 Å². The molecule has 2 aliphatic rings. The number of aliphatic carboxylic acids is 1. The lowest BCUT2D eigenvalue weighted by Gasteiger charge is -2.40. The highest BCUT2D eigenvalue weighted by Gasteiger charge is 2.45. The molecule has 0 radical (unpaired) electrons. The number of nitrogens with zero attached hydrogens (tertiary/aromatic N) is 1. The predicted molar refractivity (Wildman–Crippen MR) is 89.7 cm³/mol. The molecule has 1 amide bonds. The quantitative estimate of drug-likeness (QED) is 0.863. The van der Waals surface area contributed by atoms with E-state index >= 15 is 0 Å². The average molecular weight is 329 g/mol. The second kappa shape index (κ2) is 7.07. The van der Waals surface area contributed by atoms with Crippen molar-refractivity contribution in [3.8, 4) is 5.75 Å². The second-order valence-electron chi connectivity index (χ2n) is 6.52. The summed E-state index contributed by atoms with van der Waals surface area (Å²) in [5.41, 5.74) is -1.25. The van der Waals surface area contributed by atoms with Gasteiger partial charge in [0.1, 0.15) is 5.75 Å². The number of hydrogen-bond donors (Lipinski definition) is 1. The zero-order valence-electron chi connectivity index (χ0n) is 13.7. The summed E-state index contributed by atoms with van der Waals surface area (Å²) in [4.78, 5) is 26.2. The number of hydrogen-bond acceptors (Lipinski definition) is 3. The molecule has 1 unspecified atom stereocenters. The van der Waals surface area contributed by atoms with Crippen LogP contribution in [0.1, 0.15) is 32.1 Å². The van der Waals surface area contributed by atoms with E-state index in [-0.39, 0.29) is 11.8 Å². The molecule has 128 valence electrons. The van der Waals surface area contributed by atoms with Crippen molar-refractivity contribution in [3.05, 3.63) is 42.5 Å². The summed E-state index contributed by atoms with van der Waals surface area (Å²) in [6.07, 6.45) is 7.42. The minimum absolute atomic E-state index is 0.0439. The largest absolute Gasteiger partial charge is 0.478 e. The third-order valence-electron chi connectivity index (χ3n) is 4.95. The fourth-order valence-electron chi connectivity index (χ4n) is 3.44. The number of likely N-dealkylation sites (tertiary alicyclic amines) is 1. The first-order valence-corrected chi connectivity index (χ1v) is 8.52. The highest BCUT2D eigenvalue weighted by molar-refractivity contribution is 5.81. The lowest BCUT2D eigenvalue weighted by molar-refractivity contribution is -0.162. The van der Waals surface area contributed by atoms with Crippen molar-refractivity contribution in [2.24, 2.45) is 5.92 Å². The van der Waals surface area contributed by atoms with Crippen LogP contribution < -0.4 is 4.74 Å². The van der Waals surface area contributed by atoms with Gasteiger partial charge in [-0.15, -0.1) is 0 Å². The van der Waals surface area contributed by atoms with E-state index < -0.39 is 11.6 Å². The van der Waals surface area contributed by atoms with Crippen LogP contribution in [-0.4, -0.2) is 40.6 Å². The van der Waals surface area contributed by atoms with Crippen LogP contribution in [-0.2, 0) is 9.59 Å². The van der Waals surface area contributed by atoms with E-state index in [2.05, 4.69) is 12.2 Å². The number of carbonyl (C=O) groups excluding carboxylic acids is 1. The Hall–Kier alpha value is -2.30. The number of benzene rings is 1. The molecule has 5 heteroatoms. The minimum Gasteiger partial charge on any atom is -0.478 e. The van der Waals surface area contributed by atoms with E-state index in [4.69, 9.17) is 4.74 Å². The van der Waals surface area contributed by atoms with Gasteiger partial charge in [0, 0.05) is 31.8 Å².